The molecule has 1 aliphatic rings. The maximum Gasteiger partial charge on any atom is 0.226 e. The molecule has 0 unspecified atom stereocenters. The fourth-order valence-electron chi connectivity index (χ4n) is 2.64. The monoisotopic (exact) mass is 350 g/mol. The van der Waals surface area contributed by atoms with Crippen LogP contribution < -0.4 is 25.7 Å². The van der Waals surface area contributed by atoms with Crippen molar-refractivity contribution in [3.05, 3.63) is 54.1 Å². The molecular formula is C19H18N4O3. The first kappa shape index (κ1) is 17.2. The van der Waals surface area contributed by atoms with E-state index in [4.69, 9.17) is 25.7 Å². The summed E-state index contributed by atoms with van der Waals surface area (Å²) in [4.78, 5) is 4.16. The van der Waals surface area contributed by atoms with Crippen molar-refractivity contribution in [3.8, 4) is 29.2 Å². The van der Waals surface area contributed by atoms with Gasteiger partial charge in [-0.2, -0.15) is 10.2 Å². The first-order valence-electron chi connectivity index (χ1n) is 7.89. The average Bonchev–Trinajstić information content (AvgIpc) is 2.63. The molecule has 132 valence electrons. The molecule has 0 atom stereocenters. The summed E-state index contributed by atoms with van der Waals surface area (Å²) in [5.74, 6) is 1.98. The van der Waals surface area contributed by atoms with Crippen molar-refractivity contribution in [2.75, 3.05) is 24.7 Å². The van der Waals surface area contributed by atoms with Gasteiger partial charge >= 0.3 is 0 Å². The van der Waals surface area contributed by atoms with Crippen LogP contribution in [0.25, 0.3) is 0 Å². The zero-order valence-electron chi connectivity index (χ0n) is 14.1. The standard InChI is InChI=1S/C19H18N4O3/c1-3-5-24-15-8-11-7-12-17(21)13(10-20)18(22)23-19(12)26-14(11)9-16(15)25-6-4-2/h3-4,8-9H,1-2,5-7H2,(H4,21,22,23). The molecule has 0 spiro atoms. The molecule has 7 heteroatoms. The number of fused-ring (bicyclic) bond motifs is 2. The van der Waals surface area contributed by atoms with Gasteiger partial charge in [-0.1, -0.05) is 25.3 Å². The SMILES string of the molecule is C=CCOc1cc2c(cc1OCC=C)Oc1nc(N)c(C#N)c(N)c1C2. The van der Waals surface area contributed by atoms with Crippen LogP contribution in [0.1, 0.15) is 16.7 Å². The van der Waals surface area contributed by atoms with Crippen LogP contribution in [0, 0.1) is 11.3 Å². The third-order valence-corrected chi connectivity index (χ3v) is 3.86. The minimum Gasteiger partial charge on any atom is -0.486 e. The molecule has 0 radical (unpaired) electrons. The Labute approximate surface area is 151 Å². The van der Waals surface area contributed by atoms with Crippen LogP contribution in [-0.2, 0) is 6.42 Å². The molecule has 26 heavy (non-hydrogen) atoms. The Balaban J connectivity index is 2.05. The third kappa shape index (κ3) is 3.00. The zero-order chi connectivity index (χ0) is 18.7. The molecule has 0 amide bonds. The van der Waals surface area contributed by atoms with E-state index in [1.165, 1.54) is 0 Å². The van der Waals surface area contributed by atoms with Crippen LogP contribution in [0.3, 0.4) is 0 Å². The van der Waals surface area contributed by atoms with Gasteiger partial charge in [0.1, 0.15) is 36.4 Å². The van der Waals surface area contributed by atoms with Crippen molar-refractivity contribution in [2.45, 2.75) is 6.42 Å². The molecule has 0 aliphatic carbocycles. The molecule has 1 aromatic carbocycles. The van der Waals surface area contributed by atoms with Crippen LogP contribution in [0.2, 0.25) is 0 Å². The summed E-state index contributed by atoms with van der Waals surface area (Å²) < 4.78 is 17.2. The van der Waals surface area contributed by atoms with Gasteiger partial charge in [0, 0.05) is 23.6 Å². The number of nitriles is 1. The lowest BCUT2D eigenvalue weighted by Gasteiger charge is -2.23. The van der Waals surface area contributed by atoms with Crippen molar-refractivity contribution in [2.24, 2.45) is 0 Å². The van der Waals surface area contributed by atoms with Crippen molar-refractivity contribution < 1.29 is 14.2 Å². The lowest BCUT2D eigenvalue weighted by Crippen LogP contribution is -2.12. The Morgan fingerprint density at radius 1 is 1.19 bits per heavy atom. The van der Waals surface area contributed by atoms with Crippen LogP contribution in [0.5, 0.6) is 23.1 Å². The van der Waals surface area contributed by atoms with E-state index in [1.54, 1.807) is 18.2 Å². The van der Waals surface area contributed by atoms with Crippen molar-refractivity contribution in [1.82, 2.24) is 4.98 Å². The topological polar surface area (TPSA) is 116 Å². The number of anilines is 2. The number of ether oxygens (including phenoxy) is 3. The fourth-order valence-corrected chi connectivity index (χ4v) is 2.64. The smallest absolute Gasteiger partial charge is 0.226 e. The zero-order valence-corrected chi connectivity index (χ0v) is 14.1. The number of benzene rings is 1. The maximum atomic E-state index is 9.21. The predicted octanol–water partition coefficient (Wildman–Crippen LogP) is 2.94. The van der Waals surface area contributed by atoms with Crippen molar-refractivity contribution in [1.29, 1.82) is 5.26 Å². The van der Waals surface area contributed by atoms with Gasteiger partial charge < -0.3 is 25.7 Å². The molecule has 0 bridgehead atoms. The van der Waals surface area contributed by atoms with E-state index >= 15 is 0 Å². The Hall–Kier alpha value is -3.66. The molecule has 2 aromatic rings. The second-order valence-corrected chi connectivity index (χ2v) is 5.57. The number of nitrogens with zero attached hydrogens (tertiary/aromatic N) is 2. The lowest BCUT2D eigenvalue weighted by molar-refractivity contribution is 0.305. The number of pyridine rings is 1. The number of nitrogen functional groups attached to an aromatic ring is 2. The summed E-state index contributed by atoms with van der Waals surface area (Å²) >= 11 is 0. The number of nitrogens with two attached hydrogens (primary N) is 2. The van der Waals surface area contributed by atoms with Crippen LogP contribution >= 0.6 is 0 Å². The van der Waals surface area contributed by atoms with Gasteiger partial charge in [-0.3, -0.25) is 0 Å². The van der Waals surface area contributed by atoms with Crippen LogP contribution in [-0.4, -0.2) is 18.2 Å². The molecular weight excluding hydrogens is 332 g/mol. The van der Waals surface area contributed by atoms with E-state index in [0.717, 1.165) is 5.56 Å². The summed E-state index contributed by atoms with van der Waals surface area (Å²) in [7, 11) is 0. The second kappa shape index (κ2) is 7.07. The molecule has 0 saturated heterocycles. The van der Waals surface area contributed by atoms with Gasteiger partial charge in [-0.15, -0.1) is 0 Å². The predicted molar refractivity (Wildman–Crippen MR) is 98.5 cm³/mol. The van der Waals surface area contributed by atoms with E-state index in [9.17, 15) is 5.26 Å². The highest BCUT2D eigenvalue weighted by atomic mass is 16.5. The molecule has 1 aliphatic heterocycles. The van der Waals surface area contributed by atoms with Crippen LogP contribution in [0.15, 0.2) is 37.4 Å². The number of hydrogen-bond acceptors (Lipinski definition) is 7. The van der Waals surface area contributed by atoms with E-state index in [0.29, 0.717) is 48.3 Å². The highest BCUT2D eigenvalue weighted by Gasteiger charge is 2.26. The fraction of sp³-hybridized carbons (Fsp3) is 0.158. The van der Waals surface area contributed by atoms with E-state index in [2.05, 4.69) is 18.1 Å². The Kier molecular flexibility index (Phi) is 4.67. The van der Waals surface area contributed by atoms with Gasteiger partial charge in [0.25, 0.3) is 0 Å². The molecule has 0 saturated carbocycles. The molecule has 1 aromatic heterocycles. The number of hydrogen-bond donors (Lipinski definition) is 2. The van der Waals surface area contributed by atoms with Gasteiger partial charge in [0.2, 0.25) is 5.88 Å². The summed E-state index contributed by atoms with van der Waals surface area (Å²) in [6.07, 6.45) is 3.72. The summed E-state index contributed by atoms with van der Waals surface area (Å²) in [6, 6.07) is 5.53. The van der Waals surface area contributed by atoms with E-state index in [1.807, 2.05) is 12.1 Å². The average molecular weight is 350 g/mol. The highest BCUT2D eigenvalue weighted by molar-refractivity contribution is 5.72. The van der Waals surface area contributed by atoms with Crippen molar-refractivity contribution >= 4 is 11.5 Å². The quantitative estimate of drug-likeness (QED) is 0.656. The Morgan fingerprint density at radius 3 is 2.46 bits per heavy atom. The van der Waals surface area contributed by atoms with E-state index in [-0.39, 0.29) is 17.1 Å². The number of aromatic nitrogens is 1. The van der Waals surface area contributed by atoms with Crippen LogP contribution in [0.4, 0.5) is 11.5 Å². The minimum atomic E-state index is 0.0428. The largest absolute Gasteiger partial charge is 0.486 e. The van der Waals surface area contributed by atoms with E-state index < -0.39 is 0 Å². The Bertz CT molecular complexity index is 932. The number of rotatable bonds is 6. The maximum absolute atomic E-state index is 9.21. The molecule has 7 nitrogen and oxygen atoms in total. The van der Waals surface area contributed by atoms with Gasteiger partial charge in [-0.25, -0.2) is 0 Å². The van der Waals surface area contributed by atoms with Gasteiger partial charge in [0.05, 0.1) is 5.69 Å². The van der Waals surface area contributed by atoms with Gasteiger partial charge in [-0.05, 0) is 6.07 Å². The Morgan fingerprint density at radius 2 is 1.85 bits per heavy atom. The second-order valence-electron chi connectivity index (χ2n) is 5.57. The first-order chi connectivity index (χ1) is 12.6. The van der Waals surface area contributed by atoms with Gasteiger partial charge in [0.15, 0.2) is 11.5 Å². The molecule has 4 N–H and O–H groups in total. The molecule has 0 fully saturated rings. The lowest BCUT2D eigenvalue weighted by atomic mass is 9.98. The first-order valence-corrected chi connectivity index (χ1v) is 7.89. The third-order valence-electron chi connectivity index (χ3n) is 3.86. The summed E-state index contributed by atoms with van der Waals surface area (Å²) in [5, 5.41) is 9.21. The van der Waals surface area contributed by atoms with Crippen molar-refractivity contribution in [3.63, 3.8) is 0 Å². The normalized spacial score (nSPS) is 11.3. The highest BCUT2D eigenvalue weighted by Crippen LogP contribution is 2.44. The summed E-state index contributed by atoms with van der Waals surface area (Å²) in [6.45, 7) is 7.95. The molecule has 2 heterocycles. The summed E-state index contributed by atoms with van der Waals surface area (Å²) in [5.41, 5.74) is 13.8. The molecule has 3 rings (SSSR count). The minimum absolute atomic E-state index is 0.0428.